The van der Waals surface area contributed by atoms with E-state index < -0.39 is 48.3 Å². The Kier molecular flexibility index (Phi) is 6.45. The first-order valence-electron chi connectivity index (χ1n) is 7.17. The van der Waals surface area contributed by atoms with Crippen LogP contribution in [0.3, 0.4) is 0 Å². The maximum absolute atomic E-state index is 13.0. The molecule has 4 atom stereocenters. The quantitative estimate of drug-likeness (QED) is 0.613. The molecule has 0 aromatic carbocycles. The lowest BCUT2D eigenvalue weighted by molar-refractivity contribution is -0.147. The maximum atomic E-state index is 13.0. The molecule has 7 nitrogen and oxygen atoms in total. The second-order valence-corrected chi connectivity index (χ2v) is 5.52. The summed E-state index contributed by atoms with van der Waals surface area (Å²) in [5.41, 5.74) is 0. The highest BCUT2D eigenvalue weighted by atomic mass is 19.1. The van der Waals surface area contributed by atoms with Gasteiger partial charge in [-0.05, 0) is 19.8 Å². The van der Waals surface area contributed by atoms with E-state index in [9.17, 15) is 23.6 Å². The number of alkyl halides is 1. The van der Waals surface area contributed by atoms with E-state index in [0.29, 0.717) is 25.8 Å². The first kappa shape index (κ1) is 18.1. The zero-order valence-corrected chi connectivity index (χ0v) is 12.6. The van der Waals surface area contributed by atoms with Crippen molar-refractivity contribution in [1.29, 1.82) is 0 Å². The summed E-state index contributed by atoms with van der Waals surface area (Å²) < 4.78 is 13.0. The van der Waals surface area contributed by atoms with Crippen LogP contribution in [0.2, 0.25) is 0 Å². The van der Waals surface area contributed by atoms with E-state index in [1.165, 1.54) is 18.7 Å². The second-order valence-electron chi connectivity index (χ2n) is 5.52. The van der Waals surface area contributed by atoms with Crippen molar-refractivity contribution in [2.75, 3.05) is 13.2 Å². The van der Waals surface area contributed by atoms with Crippen LogP contribution in [0.5, 0.6) is 0 Å². The largest absolute Gasteiger partial charge is 0.481 e. The number of carboxylic acids is 1. The maximum Gasteiger partial charge on any atom is 0.307 e. The van der Waals surface area contributed by atoms with E-state index in [0.717, 1.165) is 0 Å². The molecule has 0 radical (unpaired) electrons. The minimum Gasteiger partial charge on any atom is -0.481 e. The zero-order chi connectivity index (χ0) is 16.9. The van der Waals surface area contributed by atoms with E-state index in [1.54, 1.807) is 0 Å². The Labute approximate surface area is 127 Å². The molecule has 1 heterocycles. The Hall–Kier alpha value is -1.99. The van der Waals surface area contributed by atoms with Crippen molar-refractivity contribution >= 4 is 24.1 Å². The van der Waals surface area contributed by atoms with Gasteiger partial charge in [0.15, 0.2) is 5.78 Å². The van der Waals surface area contributed by atoms with Crippen LogP contribution in [0.25, 0.3) is 0 Å². The molecule has 1 fully saturated rings. The van der Waals surface area contributed by atoms with Crippen molar-refractivity contribution in [3.8, 4) is 0 Å². The molecular formula is C14H21FN2O5. The van der Waals surface area contributed by atoms with E-state index in [1.807, 2.05) is 0 Å². The summed E-state index contributed by atoms with van der Waals surface area (Å²) in [5.74, 6) is -4.89. The van der Waals surface area contributed by atoms with Crippen molar-refractivity contribution in [3.63, 3.8) is 0 Å². The summed E-state index contributed by atoms with van der Waals surface area (Å²) in [7, 11) is 0. The van der Waals surface area contributed by atoms with Gasteiger partial charge in [0, 0.05) is 6.54 Å². The number of hydrogen-bond acceptors (Lipinski definition) is 4. The molecule has 0 saturated carbocycles. The van der Waals surface area contributed by atoms with Crippen LogP contribution < -0.4 is 5.32 Å². The van der Waals surface area contributed by atoms with Crippen LogP contribution in [0.1, 0.15) is 26.7 Å². The Morgan fingerprint density at radius 1 is 1.41 bits per heavy atom. The summed E-state index contributed by atoms with van der Waals surface area (Å²) in [6.07, 6.45) is 1.78. The van der Waals surface area contributed by atoms with Gasteiger partial charge in [0.1, 0.15) is 12.7 Å². The van der Waals surface area contributed by atoms with Crippen LogP contribution in [-0.4, -0.2) is 59.4 Å². The highest BCUT2D eigenvalue weighted by Crippen LogP contribution is 2.18. The van der Waals surface area contributed by atoms with Gasteiger partial charge >= 0.3 is 5.97 Å². The van der Waals surface area contributed by atoms with E-state index >= 15 is 0 Å². The van der Waals surface area contributed by atoms with Gasteiger partial charge in [-0.3, -0.25) is 23.6 Å². The molecular weight excluding hydrogens is 295 g/mol. The van der Waals surface area contributed by atoms with Crippen molar-refractivity contribution < 1.29 is 28.7 Å². The minimum atomic E-state index is -1.31. The fourth-order valence-electron chi connectivity index (χ4n) is 2.53. The molecule has 124 valence electrons. The molecule has 2 unspecified atom stereocenters. The number of hydrogen-bond donors (Lipinski definition) is 2. The van der Waals surface area contributed by atoms with Crippen molar-refractivity contribution in [2.24, 2.45) is 11.8 Å². The molecule has 22 heavy (non-hydrogen) atoms. The minimum absolute atomic E-state index is 0.479. The highest BCUT2D eigenvalue weighted by Gasteiger charge is 2.35. The molecule has 2 N–H and O–H groups in total. The smallest absolute Gasteiger partial charge is 0.307 e. The number of rotatable bonds is 8. The highest BCUT2D eigenvalue weighted by molar-refractivity contribution is 5.94. The average molecular weight is 316 g/mol. The van der Waals surface area contributed by atoms with Crippen molar-refractivity contribution in [2.45, 2.75) is 38.8 Å². The lowest BCUT2D eigenvalue weighted by Gasteiger charge is -2.24. The average Bonchev–Trinajstić information content (AvgIpc) is 2.95. The van der Waals surface area contributed by atoms with Gasteiger partial charge in [0.05, 0.1) is 17.9 Å². The van der Waals surface area contributed by atoms with E-state index in [2.05, 4.69) is 5.32 Å². The molecule has 1 aliphatic heterocycles. The van der Waals surface area contributed by atoms with Crippen LogP contribution in [-0.2, 0) is 19.2 Å². The van der Waals surface area contributed by atoms with Crippen LogP contribution in [0.4, 0.5) is 4.39 Å². The molecule has 1 saturated heterocycles. The monoisotopic (exact) mass is 316 g/mol. The topological polar surface area (TPSA) is 104 Å². The fraction of sp³-hybridized carbons (Fsp3) is 0.714. The number of nitrogens with zero attached hydrogens (tertiary/aromatic N) is 1. The normalized spacial score (nSPS) is 21.8. The third-order valence-corrected chi connectivity index (χ3v) is 4.04. The Balaban J connectivity index is 2.68. The molecule has 1 aliphatic rings. The second kappa shape index (κ2) is 7.86. The lowest BCUT2D eigenvalue weighted by atomic mass is 9.88. The summed E-state index contributed by atoms with van der Waals surface area (Å²) in [5, 5.41) is 11.3. The van der Waals surface area contributed by atoms with Crippen molar-refractivity contribution in [3.05, 3.63) is 0 Å². The molecule has 2 amide bonds. The number of amides is 2. The van der Waals surface area contributed by atoms with Crippen LogP contribution in [0, 0.1) is 11.8 Å². The van der Waals surface area contributed by atoms with Gasteiger partial charge in [-0.1, -0.05) is 6.92 Å². The predicted octanol–water partition coefficient (Wildman–Crippen LogP) is -0.0126. The third-order valence-electron chi connectivity index (χ3n) is 4.04. The summed E-state index contributed by atoms with van der Waals surface area (Å²) in [4.78, 5) is 47.2. The molecule has 0 bridgehead atoms. The number of carbonyl (C=O) groups excluding carboxylic acids is 3. The number of aliphatic carboxylic acids is 1. The van der Waals surface area contributed by atoms with Crippen molar-refractivity contribution in [1.82, 2.24) is 10.2 Å². The molecule has 0 aromatic heterocycles. The number of likely N-dealkylation sites (tertiary alicyclic amines) is 1. The molecule has 1 rings (SSSR count). The first-order chi connectivity index (χ1) is 10.3. The number of carboxylic acid groups (broad SMARTS) is 1. The van der Waals surface area contributed by atoms with E-state index in [4.69, 9.17) is 5.11 Å². The van der Waals surface area contributed by atoms with E-state index in [-0.39, 0.29) is 0 Å². The molecule has 0 spiro atoms. The Morgan fingerprint density at radius 2 is 2.05 bits per heavy atom. The van der Waals surface area contributed by atoms with Crippen LogP contribution >= 0.6 is 0 Å². The van der Waals surface area contributed by atoms with Gasteiger partial charge in [-0.2, -0.15) is 0 Å². The number of ketones is 1. The fourth-order valence-corrected chi connectivity index (χ4v) is 2.53. The molecule has 0 aromatic rings. The standard InChI is InChI=1S/C14H21FN2O5/c1-8(14(21)22)10(6-15)12(19)9(2)16-13(20)11-4-3-5-17(11)7-18/h7-11H,3-6H2,1-2H3,(H,16,20)(H,21,22)/t8?,9-,10?,11-/m0/s1. The Bertz CT molecular complexity index is 457. The van der Waals surface area contributed by atoms with Gasteiger partial charge in [0.25, 0.3) is 0 Å². The number of carbonyl (C=O) groups is 4. The van der Waals surface area contributed by atoms with Gasteiger partial charge in [0.2, 0.25) is 12.3 Å². The zero-order valence-electron chi connectivity index (χ0n) is 12.6. The van der Waals surface area contributed by atoms with Gasteiger partial charge in [-0.15, -0.1) is 0 Å². The lowest BCUT2D eigenvalue weighted by Crippen LogP contribution is -2.50. The first-order valence-corrected chi connectivity index (χ1v) is 7.17. The summed E-state index contributed by atoms with van der Waals surface area (Å²) >= 11 is 0. The SMILES string of the molecule is CC(C(=O)O)C(CF)C(=O)[C@H](C)NC(=O)[C@@H]1CCCN1C=O. The number of halogens is 1. The predicted molar refractivity (Wildman–Crippen MR) is 74.7 cm³/mol. The molecule has 0 aliphatic carbocycles. The number of Topliss-reactive ketones (excluding diaryl/α,β-unsaturated/α-hetero) is 1. The van der Waals surface area contributed by atoms with Crippen LogP contribution in [0.15, 0.2) is 0 Å². The molecule has 8 heteroatoms. The summed E-state index contributed by atoms with van der Waals surface area (Å²) in [6.45, 7) is 2.02. The van der Waals surface area contributed by atoms with Gasteiger partial charge in [-0.25, -0.2) is 0 Å². The summed E-state index contributed by atoms with van der Waals surface area (Å²) in [6, 6.07) is -1.64. The third kappa shape index (κ3) is 4.02. The van der Waals surface area contributed by atoms with Gasteiger partial charge < -0.3 is 15.3 Å². The number of nitrogens with one attached hydrogen (secondary N) is 1. The Morgan fingerprint density at radius 3 is 2.55 bits per heavy atom.